The molecule has 0 amide bonds. The number of thiazole rings is 1. The summed E-state index contributed by atoms with van der Waals surface area (Å²) in [6.45, 7) is 4.08. The van der Waals surface area contributed by atoms with Gasteiger partial charge in [-0.05, 0) is 25.9 Å². The minimum atomic E-state index is -0.146. The number of hydrogen-bond acceptors (Lipinski definition) is 9. The standard InChI is InChI=1S/C15H18N6O2S/c1-22-11-10-12(18-8-17-11)24-14(19-10)20-13-16-6-15(23-13)7-21-4-2-9(15)3-5-21/h8-9H,2-7H2,1H3,(H,16,19,20). The number of hydrogen-bond donors (Lipinski definition) is 1. The SMILES string of the molecule is COc1ncnc2sc(NC3=NCC4(CN5CCC4CC5)O3)nc12. The van der Waals surface area contributed by atoms with Gasteiger partial charge in [-0.1, -0.05) is 11.3 Å². The topological polar surface area (TPSA) is 84.8 Å². The van der Waals surface area contributed by atoms with E-state index in [0.29, 0.717) is 28.5 Å². The van der Waals surface area contributed by atoms with Crippen LogP contribution in [-0.2, 0) is 4.74 Å². The molecule has 3 fully saturated rings. The van der Waals surface area contributed by atoms with Crippen LogP contribution in [0.3, 0.4) is 0 Å². The van der Waals surface area contributed by atoms with Crippen molar-refractivity contribution in [1.29, 1.82) is 0 Å². The largest absolute Gasteiger partial charge is 0.479 e. The zero-order chi connectivity index (χ0) is 16.1. The van der Waals surface area contributed by atoms with Crippen molar-refractivity contribution in [3.05, 3.63) is 6.33 Å². The first-order chi connectivity index (χ1) is 11.8. The Kier molecular flexibility index (Phi) is 3.14. The third kappa shape index (κ3) is 2.15. The maximum Gasteiger partial charge on any atom is 0.291 e. The summed E-state index contributed by atoms with van der Waals surface area (Å²) < 4.78 is 11.5. The van der Waals surface area contributed by atoms with Crippen LogP contribution in [0.2, 0.25) is 0 Å². The molecule has 1 unspecified atom stereocenters. The molecule has 1 atom stereocenters. The van der Waals surface area contributed by atoms with Crippen LogP contribution in [0.4, 0.5) is 5.13 Å². The quantitative estimate of drug-likeness (QED) is 0.879. The first-order valence-corrected chi connectivity index (χ1v) is 8.96. The predicted molar refractivity (Wildman–Crippen MR) is 90.7 cm³/mol. The number of rotatable bonds is 2. The second-order valence-electron chi connectivity index (χ2n) is 6.52. The van der Waals surface area contributed by atoms with E-state index in [2.05, 4.69) is 30.2 Å². The predicted octanol–water partition coefficient (Wildman–Crippen LogP) is 1.36. The molecule has 9 heteroatoms. The van der Waals surface area contributed by atoms with Gasteiger partial charge in [0.05, 0.1) is 13.7 Å². The Morgan fingerprint density at radius 3 is 3.00 bits per heavy atom. The third-order valence-electron chi connectivity index (χ3n) is 5.18. The Morgan fingerprint density at radius 2 is 2.25 bits per heavy atom. The van der Waals surface area contributed by atoms with Crippen molar-refractivity contribution < 1.29 is 9.47 Å². The highest BCUT2D eigenvalue weighted by atomic mass is 32.1. The molecule has 3 saturated heterocycles. The highest BCUT2D eigenvalue weighted by Crippen LogP contribution is 2.41. The van der Waals surface area contributed by atoms with Crippen LogP contribution in [0.5, 0.6) is 5.88 Å². The van der Waals surface area contributed by atoms with Gasteiger partial charge in [0, 0.05) is 12.5 Å². The van der Waals surface area contributed by atoms with Crippen molar-refractivity contribution in [3.63, 3.8) is 0 Å². The molecule has 6 rings (SSSR count). The summed E-state index contributed by atoms with van der Waals surface area (Å²) in [6.07, 6.45) is 3.89. The molecule has 0 aliphatic carbocycles. The number of anilines is 1. The first kappa shape index (κ1) is 14.4. The van der Waals surface area contributed by atoms with Gasteiger partial charge in [0.25, 0.3) is 6.02 Å². The lowest BCUT2D eigenvalue weighted by Gasteiger charge is -2.50. The molecule has 0 radical (unpaired) electrons. The molecule has 6 heterocycles. The Hall–Kier alpha value is -2.00. The van der Waals surface area contributed by atoms with Gasteiger partial charge in [-0.25, -0.2) is 15.0 Å². The summed E-state index contributed by atoms with van der Waals surface area (Å²) in [5.74, 6) is 1.08. The van der Waals surface area contributed by atoms with E-state index in [4.69, 9.17) is 9.47 Å². The van der Waals surface area contributed by atoms with E-state index in [1.807, 2.05) is 0 Å². The molecule has 1 spiro atoms. The molecular formula is C15H18N6O2S. The zero-order valence-corrected chi connectivity index (χ0v) is 14.2. The number of nitrogens with zero attached hydrogens (tertiary/aromatic N) is 5. The van der Waals surface area contributed by atoms with E-state index in [1.54, 1.807) is 7.11 Å². The molecule has 24 heavy (non-hydrogen) atoms. The number of aromatic nitrogens is 3. The van der Waals surface area contributed by atoms with Crippen LogP contribution in [0.15, 0.2) is 11.3 Å². The van der Waals surface area contributed by atoms with E-state index in [9.17, 15) is 0 Å². The molecule has 0 aromatic carbocycles. The number of aliphatic imine (C=N–C) groups is 1. The summed E-state index contributed by atoms with van der Waals surface area (Å²) in [5, 5.41) is 3.90. The lowest BCUT2D eigenvalue weighted by atomic mass is 9.75. The minimum absolute atomic E-state index is 0.146. The van der Waals surface area contributed by atoms with Gasteiger partial charge in [-0.2, -0.15) is 4.98 Å². The molecule has 126 valence electrons. The number of nitrogens with one attached hydrogen (secondary N) is 1. The zero-order valence-electron chi connectivity index (χ0n) is 13.4. The van der Waals surface area contributed by atoms with Crippen LogP contribution >= 0.6 is 11.3 Å². The van der Waals surface area contributed by atoms with Gasteiger partial charge < -0.3 is 9.47 Å². The monoisotopic (exact) mass is 346 g/mol. The summed E-state index contributed by atoms with van der Waals surface area (Å²) in [5.41, 5.74) is 0.510. The fourth-order valence-electron chi connectivity index (χ4n) is 3.98. The van der Waals surface area contributed by atoms with Crippen molar-refractivity contribution in [3.8, 4) is 5.88 Å². The molecular weight excluding hydrogens is 328 g/mol. The molecule has 2 bridgehead atoms. The minimum Gasteiger partial charge on any atom is -0.479 e. The Bertz CT molecular complexity index is 815. The fraction of sp³-hybridized carbons (Fsp3) is 0.600. The van der Waals surface area contributed by atoms with E-state index in [0.717, 1.165) is 17.9 Å². The molecule has 4 aliphatic rings. The van der Waals surface area contributed by atoms with Crippen molar-refractivity contribution in [1.82, 2.24) is 19.9 Å². The second kappa shape index (κ2) is 5.25. The van der Waals surface area contributed by atoms with Crippen molar-refractivity contribution >= 4 is 32.8 Å². The van der Waals surface area contributed by atoms with Crippen molar-refractivity contribution in [2.24, 2.45) is 10.9 Å². The first-order valence-electron chi connectivity index (χ1n) is 8.14. The van der Waals surface area contributed by atoms with Crippen LogP contribution in [0.25, 0.3) is 10.3 Å². The average Bonchev–Trinajstić information content (AvgIpc) is 3.19. The summed E-state index contributed by atoms with van der Waals surface area (Å²) in [6, 6.07) is 0.565. The molecule has 2 aromatic heterocycles. The van der Waals surface area contributed by atoms with Crippen molar-refractivity contribution in [2.45, 2.75) is 18.4 Å². The third-order valence-corrected chi connectivity index (χ3v) is 6.06. The number of fused-ring (bicyclic) bond motifs is 3. The normalized spacial score (nSPS) is 31.3. The average molecular weight is 346 g/mol. The van der Waals surface area contributed by atoms with Crippen LogP contribution in [0.1, 0.15) is 12.8 Å². The van der Waals surface area contributed by atoms with Crippen LogP contribution in [0, 0.1) is 5.92 Å². The second-order valence-corrected chi connectivity index (χ2v) is 7.50. The van der Waals surface area contributed by atoms with E-state index in [-0.39, 0.29) is 5.60 Å². The number of piperidine rings is 3. The van der Waals surface area contributed by atoms with Gasteiger partial charge in [-0.3, -0.25) is 10.2 Å². The number of ether oxygens (including phenoxy) is 2. The van der Waals surface area contributed by atoms with E-state index in [1.165, 1.54) is 43.6 Å². The van der Waals surface area contributed by atoms with Gasteiger partial charge in [-0.15, -0.1) is 0 Å². The molecule has 8 nitrogen and oxygen atoms in total. The Labute approximate surface area is 142 Å². The molecule has 2 aromatic rings. The van der Waals surface area contributed by atoms with Gasteiger partial charge in [0.1, 0.15) is 11.9 Å². The maximum absolute atomic E-state index is 6.28. The fourth-order valence-corrected chi connectivity index (χ4v) is 4.76. The summed E-state index contributed by atoms with van der Waals surface area (Å²) in [4.78, 5) is 20.7. The molecule has 4 aliphatic heterocycles. The lowest BCUT2D eigenvalue weighted by Crippen LogP contribution is -2.61. The smallest absolute Gasteiger partial charge is 0.291 e. The lowest BCUT2D eigenvalue weighted by molar-refractivity contribution is -0.0829. The van der Waals surface area contributed by atoms with E-state index >= 15 is 0 Å². The summed E-state index contributed by atoms with van der Waals surface area (Å²) >= 11 is 1.44. The summed E-state index contributed by atoms with van der Waals surface area (Å²) in [7, 11) is 1.58. The van der Waals surface area contributed by atoms with Gasteiger partial charge in [0.15, 0.2) is 15.5 Å². The van der Waals surface area contributed by atoms with Crippen LogP contribution in [-0.4, -0.2) is 64.8 Å². The number of methoxy groups -OCH3 is 1. The number of amidine groups is 1. The van der Waals surface area contributed by atoms with Gasteiger partial charge >= 0.3 is 0 Å². The molecule has 0 saturated carbocycles. The highest BCUT2D eigenvalue weighted by molar-refractivity contribution is 7.22. The highest BCUT2D eigenvalue weighted by Gasteiger charge is 2.51. The maximum atomic E-state index is 6.28. The Morgan fingerprint density at radius 1 is 1.38 bits per heavy atom. The van der Waals surface area contributed by atoms with Crippen LogP contribution < -0.4 is 10.1 Å². The van der Waals surface area contributed by atoms with Crippen molar-refractivity contribution in [2.75, 3.05) is 38.6 Å². The van der Waals surface area contributed by atoms with Gasteiger partial charge in [0.2, 0.25) is 5.88 Å². The van der Waals surface area contributed by atoms with E-state index < -0.39 is 0 Å². The molecule has 1 N–H and O–H groups in total. The Balaban J connectivity index is 1.36.